The second-order valence-corrected chi connectivity index (χ2v) is 9.69. The summed E-state index contributed by atoms with van der Waals surface area (Å²) in [6.45, 7) is 3.33. The Hall–Kier alpha value is -4.01. The third-order valence-corrected chi connectivity index (χ3v) is 7.06. The van der Waals surface area contributed by atoms with Gasteiger partial charge in [0.25, 0.3) is 11.5 Å². The van der Waals surface area contributed by atoms with Gasteiger partial charge in [0.15, 0.2) is 5.65 Å². The van der Waals surface area contributed by atoms with Gasteiger partial charge in [-0.15, -0.1) is 0 Å². The van der Waals surface area contributed by atoms with Gasteiger partial charge in [0.2, 0.25) is 0 Å². The van der Waals surface area contributed by atoms with Crippen LogP contribution in [0, 0.1) is 0 Å². The molecule has 1 saturated carbocycles. The number of anilines is 1. The molecule has 9 nitrogen and oxygen atoms in total. The molecule has 36 heavy (non-hydrogen) atoms. The zero-order valence-electron chi connectivity index (χ0n) is 20.2. The number of nitrogens with zero attached hydrogens (tertiary/aromatic N) is 4. The van der Waals surface area contributed by atoms with Crippen molar-refractivity contribution in [1.29, 1.82) is 0 Å². The van der Waals surface area contributed by atoms with Crippen LogP contribution in [-0.4, -0.2) is 30.0 Å². The highest BCUT2D eigenvalue weighted by molar-refractivity contribution is 6.12. The summed E-state index contributed by atoms with van der Waals surface area (Å²) in [7, 11) is 0. The van der Waals surface area contributed by atoms with Gasteiger partial charge in [-0.05, 0) is 68.9 Å². The second kappa shape index (κ2) is 8.89. The van der Waals surface area contributed by atoms with Crippen LogP contribution in [0.15, 0.2) is 46.1 Å². The minimum Gasteiger partial charge on any atom is -0.328 e. The first-order valence-electron chi connectivity index (χ1n) is 12.7. The molecule has 2 N–H and O–H groups in total. The van der Waals surface area contributed by atoms with E-state index < -0.39 is 17.2 Å². The molecule has 1 fully saturated rings. The molecule has 0 radical (unpaired) electrons. The zero-order chi connectivity index (χ0) is 24.8. The van der Waals surface area contributed by atoms with Crippen LogP contribution in [0.4, 0.5) is 5.69 Å². The first-order chi connectivity index (χ1) is 17.5. The standard InChI is InChI=1S/C27H28N6O3/c1-2-12-33-24-22(26(35)31-27(33)36)20(14-21(30-24)16-6-7-16)25(34)29-18-10-8-17(9-11-18)23-28-15-19-5-3-4-13-32(19)23/h8-11,14-16H,2-7,12-13H2,1H3,(H,29,34)(H,31,35,36). The van der Waals surface area contributed by atoms with Crippen molar-refractivity contribution in [1.82, 2.24) is 24.1 Å². The lowest BCUT2D eigenvalue weighted by atomic mass is 10.1. The summed E-state index contributed by atoms with van der Waals surface area (Å²) in [4.78, 5) is 50.4. The molecule has 1 aromatic carbocycles. The van der Waals surface area contributed by atoms with Crippen LogP contribution in [0.2, 0.25) is 0 Å². The maximum atomic E-state index is 13.4. The number of hydrogen-bond acceptors (Lipinski definition) is 5. The molecule has 184 valence electrons. The Morgan fingerprint density at radius 1 is 1.17 bits per heavy atom. The Morgan fingerprint density at radius 2 is 1.97 bits per heavy atom. The summed E-state index contributed by atoms with van der Waals surface area (Å²) in [6.07, 6.45) is 8.02. The highest BCUT2D eigenvalue weighted by Gasteiger charge is 2.29. The molecular formula is C27H28N6O3. The van der Waals surface area contributed by atoms with E-state index in [4.69, 9.17) is 0 Å². The van der Waals surface area contributed by atoms with Crippen LogP contribution < -0.4 is 16.6 Å². The van der Waals surface area contributed by atoms with Gasteiger partial charge in [0.05, 0.1) is 10.9 Å². The molecule has 0 atom stereocenters. The molecule has 2 aliphatic rings. The van der Waals surface area contributed by atoms with E-state index in [1.165, 1.54) is 16.7 Å². The number of carbonyl (C=O) groups is 1. The molecule has 4 heterocycles. The minimum atomic E-state index is -0.596. The molecule has 1 amide bonds. The summed E-state index contributed by atoms with van der Waals surface area (Å²) >= 11 is 0. The van der Waals surface area contributed by atoms with Gasteiger partial charge in [-0.3, -0.25) is 19.1 Å². The fourth-order valence-electron chi connectivity index (χ4n) is 5.06. The third-order valence-electron chi connectivity index (χ3n) is 7.06. The molecule has 0 bridgehead atoms. The van der Waals surface area contributed by atoms with Gasteiger partial charge in [0.1, 0.15) is 5.82 Å². The number of imidazole rings is 1. The fraction of sp³-hybridized carbons (Fsp3) is 0.370. The van der Waals surface area contributed by atoms with E-state index in [2.05, 4.69) is 24.8 Å². The Labute approximate surface area is 207 Å². The number of amides is 1. The number of nitrogens with one attached hydrogen (secondary N) is 2. The monoisotopic (exact) mass is 484 g/mol. The second-order valence-electron chi connectivity index (χ2n) is 9.69. The van der Waals surface area contributed by atoms with Crippen LogP contribution in [0.1, 0.15) is 66.7 Å². The smallest absolute Gasteiger partial charge is 0.328 e. The van der Waals surface area contributed by atoms with Gasteiger partial charge >= 0.3 is 5.69 Å². The number of benzene rings is 1. The van der Waals surface area contributed by atoms with Crippen molar-refractivity contribution in [3.8, 4) is 11.4 Å². The van der Waals surface area contributed by atoms with Crippen LogP contribution >= 0.6 is 0 Å². The number of aromatic nitrogens is 5. The highest BCUT2D eigenvalue weighted by Crippen LogP contribution is 2.40. The highest BCUT2D eigenvalue weighted by atomic mass is 16.2. The molecule has 3 aromatic heterocycles. The number of H-pyrrole nitrogens is 1. The fourth-order valence-corrected chi connectivity index (χ4v) is 5.06. The van der Waals surface area contributed by atoms with Gasteiger partial charge in [-0.2, -0.15) is 0 Å². The average molecular weight is 485 g/mol. The molecular weight excluding hydrogens is 456 g/mol. The third kappa shape index (κ3) is 3.94. The molecule has 1 aliphatic heterocycles. The maximum Gasteiger partial charge on any atom is 0.329 e. The molecule has 4 aromatic rings. The van der Waals surface area contributed by atoms with Crippen molar-refractivity contribution in [2.45, 2.75) is 64.5 Å². The lowest BCUT2D eigenvalue weighted by Crippen LogP contribution is -2.32. The zero-order valence-corrected chi connectivity index (χ0v) is 20.2. The van der Waals surface area contributed by atoms with Crippen LogP contribution in [0.3, 0.4) is 0 Å². The van der Waals surface area contributed by atoms with E-state index in [1.54, 1.807) is 6.07 Å². The van der Waals surface area contributed by atoms with Crippen molar-refractivity contribution < 1.29 is 4.79 Å². The predicted molar refractivity (Wildman–Crippen MR) is 137 cm³/mol. The summed E-state index contributed by atoms with van der Waals surface area (Å²) in [5.74, 6) is 0.796. The van der Waals surface area contributed by atoms with Crippen molar-refractivity contribution >= 4 is 22.6 Å². The normalized spacial score (nSPS) is 15.1. The van der Waals surface area contributed by atoms with Gasteiger partial charge in [-0.1, -0.05) is 6.92 Å². The van der Waals surface area contributed by atoms with Crippen molar-refractivity contribution in [2.24, 2.45) is 0 Å². The van der Waals surface area contributed by atoms with E-state index in [0.29, 0.717) is 18.7 Å². The van der Waals surface area contributed by atoms with E-state index in [0.717, 1.165) is 49.3 Å². The number of carbonyl (C=O) groups excluding carboxylic acids is 1. The van der Waals surface area contributed by atoms with Crippen molar-refractivity contribution in [3.05, 3.63) is 74.3 Å². The maximum absolute atomic E-state index is 13.4. The summed E-state index contributed by atoms with van der Waals surface area (Å²) < 4.78 is 3.72. The lowest BCUT2D eigenvalue weighted by Gasteiger charge is -2.16. The quantitative estimate of drug-likeness (QED) is 0.432. The number of aromatic amines is 1. The predicted octanol–water partition coefficient (Wildman–Crippen LogP) is 3.82. The van der Waals surface area contributed by atoms with E-state index in [-0.39, 0.29) is 22.5 Å². The SMILES string of the molecule is CCCn1c(=O)[nH]c(=O)c2c(C(=O)Nc3ccc(-c4ncc5n4CCCC5)cc3)cc(C3CC3)nc21. The number of aryl methyl sites for hydroxylation is 2. The molecule has 0 spiro atoms. The number of hydrogen-bond donors (Lipinski definition) is 2. The van der Waals surface area contributed by atoms with Crippen LogP contribution in [-0.2, 0) is 19.5 Å². The minimum absolute atomic E-state index is 0.144. The first kappa shape index (κ1) is 22.5. The van der Waals surface area contributed by atoms with Gasteiger partial charge in [-0.25, -0.2) is 14.8 Å². The van der Waals surface area contributed by atoms with Gasteiger partial charge < -0.3 is 9.88 Å². The van der Waals surface area contributed by atoms with Gasteiger partial charge in [0, 0.05) is 47.8 Å². The Bertz CT molecular complexity index is 1590. The van der Waals surface area contributed by atoms with Crippen LogP contribution in [0.25, 0.3) is 22.4 Å². The molecule has 6 rings (SSSR count). The Morgan fingerprint density at radius 3 is 2.72 bits per heavy atom. The van der Waals surface area contributed by atoms with E-state index >= 15 is 0 Å². The number of fused-ring (bicyclic) bond motifs is 2. The Balaban J connectivity index is 1.35. The van der Waals surface area contributed by atoms with Crippen LogP contribution in [0.5, 0.6) is 0 Å². The number of pyridine rings is 1. The van der Waals surface area contributed by atoms with E-state index in [1.807, 2.05) is 37.4 Å². The largest absolute Gasteiger partial charge is 0.329 e. The Kier molecular flexibility index (Phi) is 5.55. The topological polar surface area (TPSA) is 115 Å². The average Bonchev–Trinajstić information content (AvgIpc) is 3.65. The summed E-state index contributed by atoms with van der Waals surface area (Å²) in [5, 5.41) is 3.08. The molecule has 1 aliphatic carbocycles. The number of rotatable bonds is 6. The van der Waals surface area contributed by atoms with E-state index in [9.17, 15) is 14.4 Å². The molecule has 0 saturated heterocycles. The summed E-state index contributed by atoms with van der Waals surface area (Å²) in [5.41, 5.74) is 3.04. The first-order valence-corrected chi connectivity index (χ1v) is 12.7. The lowest BCUT2D eigenvalue weighted by molar-refractivity contribution is 0.102. The summed E-state index contributed by atoms with van der Waals surface area (Å²) in [6, 6.07) is 9.30. The van der Waals surface area contributed by atoms with Crippen molar-refractivity contribution in [2.75, 3.05) is 5.32 Å². The molecule has 0 unspecified atom stereocenters. The van der Waals surface area contributed by atoms with Crippen molar-refractivity contribution in [3.63, 3.8) is 0 Å². The molecule has 9 heteroatoms.